The minimum atomic E-state index is -0.541. The summed E-state index contributed by atoms with van der Waals surface area (Å²) >= 11 is 0. The van der Waals surface area contributed by atoms with Crippen LogP contribution in [0, 0.1) is 5.92 Å². The van der Waals surface area contributed by atoms with Crippen LogP contribution in [-0.4, -0.2) is 25.0 Å². The fraction of sp³-hybridized carbons (Fsp3) is 0.375. The van der Waals surface area contributed by atoms with E-state index in [2.05, 4.69) is 5.32 Å². The number of ether oxygens (including phenoxy) is 1. The van der Waals surface area contributed by atoms with Crippen molar-refractivity contribution in [2.45, 2.75) is 25.3 Å². The van der Waals surface area contributed by atoms with Crippen LogP contribution in [0.3, 0.4) is 0 Å². The number of amides is 1. The van der Waals surface area contributed by atoms with Crippen LogP contribution < -0.4 is 5.32 Å². The average molecular weight is 273 g/mol. The molecule has 1 aliphatic carbocycles. The van der Waals surface area contributed by atoms with E-state index in [-0.39, 0.29) is 11.9 Å². The van der Waals surface area contributed by atoms with Crippen LogP contribution in [0.5, 0.6) is 0 Å². The molecule has 0 spiro atoms. The van der Waals surface area contributed by atoms with Crippen LogP contribution in [-0.2, 0) is 14.3 Å². The highest BCUT2D eigenvalue weighted by molar-refractivity contribution is 5.94. The van der Waals surface area contributed by atoms with Gasteiger partial charge in [-0.15, -0.1) is 0 Å². The van der Waals surface area contributed by atoms with Crippen molar-refractivity contribution in [3.05, 3.63) is 42.0 Å². The smallest absolute Gasteiger partial charge is 0.328 e. The topological polar surface area (TPSA) is 55.4 Å². The van der Waals surface area contributed by atoms with Crippen molar-refractivity contribution in [1.29, 1.82) is 0 Å². The fourth-order valence-corrected chi connectivity index (χ4v) is 2.00. The quantitative estimate of drug-likeness (QED) is 0.638. The maximum absolute atomic E-state index is 11.8. The van der Waals surface area contributed by atoms with Gasteiger partial charge < -0.3 is 10.1 Å². The molecule has 0 heterocycles. The highest BCUT2D eigenvalue weighted by atomic mass is 16.5. The second kappa shape index (κ2) is 6.89. The molecule has 2 rings (SSSR count). The highest BCUT2D eigenvalue weighted by Crippen LogP contribution is 2.33. The van der Waals surface area contributed by atoms with Crippen LogP contribution in [0.4, 0.5) is 0 Å². The normalized spacial score (nSPS) is 15.8. The Bertz CT molecular complexity index is 492. The van der Waals surface area contributed by atoms with Crippen molar-refractivity contribution >= 4 is 18.0 Å². The number of esters is 1. The molecule has 20 heavy (non-hydrogen) atoms. The van der Waals surface area contributed by atoms with Gasteiger partial charge in [0.25, 0.3) is 0 Å². The molecular weight excluding hydrogens is 254 g/mol. The Labute approximate surface area is 118 Å². The number of hydrogen-bond donors (Lipinski definition) is 1. The average Bonchev–Trinajstić information content (AvgIpc) is 3.28. The minimum absolute atomic E-state index is 0.273. The van der Waals surface area contributed by atoms with E-state index in [1.807, 2.05) is 30.3 Å². The van der Waals surface area contributed by atoms with Crippen LogP contribution in [0.1, 0.15) is 24.8 Å². The van der Waals surface area contributed by atoms with E-state index in [0.717, 1.165) is 18.4 Å². The lowest BCUT2D eigenvalue weighted by Crippen LogP contribution is -2.41. The van der Waals surface area contributed by atoms with E-state index >= 15 is 0 Å². The summed E-state index contributed by atoms with van der Waals surface area (Å²) < 4.78 is 4.73. The molecule has 0 aliphatic heterocycles. The van der Waals surface area contributed by atoms with E-state index in [1.165, 1.54) is 13.2 Å². The molecule has 4 heteroatoms. The van der Waals surface area contributed by atoms with E-state index < -0.39 is 6.04 Å². The van der Waals surface area contributed by atoms with E-state index in [4.69, 9.17) is 4.74 Å². The van der Waals surface area contributed by atoms with Gasteiger partial charge in [0.15, 0.2) is 0 Å². The first-order valence-corrected chi connectivity index (χ1v) is 6.80. The summed E-state index contributed by atoms with van der Waals surface area (Å²) in [7, 11) is 1.34. The minimum Gasteiger partial charge on any atom is -0.467 e. The number of carbonyl (C=O) groups is 2. The van der Waals surface area contributed by atoms with E-state index in [0.29, 0.717) is 12.3 Å². The predicted molar refractivity (Wildman–Crippen MR) is 76.8 cm³/mol. The summed E-state index contributed by atoms with van der Waals surface area (Å²) in [6.07, 6.45) is 6.09. The lowest BCUT2D eigenvalue weighted by Gasteiger charge is -2.14. The Balaban J connectivity index is 1.90. The summed E-state index contributed by atoms with van der Waals surface area (Å²) in [5.41, 5.74) is 0.944. The van der Waals surface area contributed by atoms with Gasteiger partial charge in [0.05, 0.1) is 7.11 Å². The molecule has 1 amide bonds. The Morgan fingerprint density at radius 2 is 2.05 bits per heavy atom. The zero-order valence-corrected chi connectivity index (χ0v) is 11.5. The SMILES string of the molecule is COC(=O)[C@H](CC1CC1)NC(=O)/C=C/c1ccccc1. The molecule has 1 atom stereocenters. The Hall–Kier alpha value is -2.10. The molecule has 0 bridgehead atoms. The molecule has 1 aromatic rings. The highest BCUT2D eigenvalue weighted by Gasteiger charge is 2.30. The third kappa shape index (κ3) is 4.53. The number of nitrogens with one attached hydrogen (secondary N) is 1. The number of carbonyl (C=O) groups excluding carboxylic acids is 2. The molecule has 1 N–H and O–H groups in total. The fourth-order valence-electron chi connectivity index (χ4n) is 2.00. The van der Waals surface area contributed by atoms with Crippen molar-refractivity contribution in [1.82, 2.24) is 5.32 Å². The standard InChI is InChI=1S/C16H19NO3/c1-20-16(19)14(11-13-7-8-13)17-15(18)10-9-12-5-3-2-4-6-12/h2-6,9-10,13-14H,7-8,11H2,1H3,(H,17,18)/b10-9+/t14-/m0/s1. The van der Waals surface area contributed by atoms with Gasteiger partial charge >= 0.3 is 5.97 Å². The molecule has 1 aliphatic rings. The molecule has 1 fully saturated rings. The first kappa shape index (κ1) is 14.3. The molecule has 0 unspecified atom stereocenters. The van der Waals surface area contributed by atoms with Gasteiger partial charge in [-0.1, -0.05) is 43.2 Å². The van der Waals surface area contributed by atoms with Crippen molar-refractivity contribution in [3.8, 4) is 0 Å². The zero-order valence-electron chi connectivity index (χ0n) is 11.5. The van der Waals surface area contributed by atoms with Crippen LogP contribution in [0.15, 0.2) is 36.4 Å². The lowest BCUT2D eigenvalue weighted by molar-refractivity contribution is -0.144. The summed E-state index contributed by atoms with van der Waals surface area (Å²) in [6.45, 7) is 0. The first-order chi connectivity index (χ1) is 9.69. The molecule has 4 nitrogen and oxygen atoms in total. The molecule has 0 radical (unpaired) electrons. The van der Waals surface area contributed by atoms with Gasteiger partial charge in [0.1, 0.15) is 6.04 Å². The summed E-state index contributed by atoms with van der Waals surface area (Å²) in [6, 6.07) is 9.00. The van der Waals surface area contributed by atoms with Crippen LogP contribution in [0.2, 0.25) is 0 Å². The number of rotatable bonds is 6. The van der Waals surface area contributed by atoms with Gasteiger partial charge in [-0.3, -0.25) is 4.79 Å². The van der Waals surface area contributed by atoms with Gasteiger partial charge in [-0.2, -0.15) is 0 Å². The van der Waals surface area contributed by atoms with Crippen molar-refractivity contribution in [2.75, 3.05) is 7.11 Å². The van der Waals surface area contributed by atoms with Gasteiger partial charge in [0.2, 0.25) is 5.91 Å². The molecular formula is C16H19NO3. The van der Waals surface area contributed by atoms with Crippen LogP contribution in [0.25, 0.3) is 6.08 Å². The van der Waals surface area contributed by atoms with Crippen molar-refractivity contribution in [3.63, 3.8) is 0 Å². The molecule has 0 aromatic heterocycles. The predicted octanol–water partition coefficient (Wildman–Crippen LogP) is 2.16. The van der Waals surface area contributed by atoms with Crippen molar-refractivity contribution in [2.24, 2.45) is 5.92 Å². The maximum atomic E-state index is 11.8. The number of methoxy groups -OCH3 is 1. The molecule has 1 aromatic carbocycles. The summed E-state index contributed by atoms with van der Waals surface area (Å²) in [4.78, 5) is 23.5. The zero-order chi connectivity index (χ0) is 14.4. The second-order valence-corrected chi connectivity index (χ2v) is 5.01. The largest absolute Gasteiger partial charge is 0.467 e. The number of benzene rings is 1. The van der Waals surface area contributed by atoms with Gasteiger partial charge in [-0.05, 0) is 24.0 Å². The molecule has 106 valence electrons. The monoisotopic (exact) mass is 273 g/mol. The Morgan fingerprint density at radius 1 is 1.35 bits per heavy atom. The molecule has 1 saturated carbocycles. The Morgan fingerprint density at radius 3 is 2.65 bits per heavy atom. The van der Waals surface area contributed by atoms with E-state index in [1.54, 1.807) is 6.08 Å². The van der Waals surface area contributed by atoms with Crippen LogP contribution >= 0.6 is 0 Å². The Kier molecular flexibility index (Phi) is 4.93. The lowest BCUT2D eigenvalue weighted by atomic mass is 10.1. The van der Waals surface area contributed by atoms with E-state index in [9.17, 15) is 9.59 Å². The summed E-state index contributed by atoms with van der Waals surface area (Å²) in [5, 5.41) is 2.71. The third-order valence-electron chi connectivity index (χ3n) is 3.29. The van der Waals surface area contributed by atoms with Crippen molar-refractivity contribution < 1.29 is 14.3 Å². The first-order valence-electron chi connectivity index (χ1n) is 6.80. The third-order valence-corrected chi connectivity index (χ3v) is 3.29. The van der Waals surface area contributed by atoms with Gasteiger partial charge in [0, 0.05) is 6.08 Å². The molecule has 0 saturated heterocycles. The summed E-state index contributed by atoms with van der Waals surface area (Å²) in [5.74, 6) is -0.110. The second-order valence-electron chi connectivity index (χ2n) is 5.01. The van der Waals surface area contributed by atoms with Gasteiger partial charge in [-0.25, -0.2) is 4.79 Å². The maximum Gasteiger partial charge on any atom is 0.328 e. The number of hydrogen-bond acceptors (Lipinski definition) is 3.